The highest BCUT2D eigenvalue weighted by Crippen LogP contribution is 2.28. The lowest BCUT2D eigenvalue weighted by Gasteiger charge is -2.05. The summed E-state index contributed by atoms with van der Waals surface area (Å²) < 4.78 is 0. The van der Waals surface area contributed by atoms with Crippen molar-refractivity contribution >= 4 is 17.2 Å². The highest BCUT2D eigenvalue weighted by molar-refractivity contribution is 6.30. The molecule has 0 radical (unpaired) electrons. The normalized spacial score (nSPS) is 17.2. The Hall–Kier alpha value is -1.01. The number of benzene rings is 1. The van der Waals surface area contributed by atoms with Gasteiger partial charge in [-0.1, -0.05) is 74.6 Å². The number of halogens is 1. The van der Waals surface area contributed by atoms with Gasteiger partial charge in [-0.15, -0.1) is 0 Å². The molecule has 1 saturated carbocycles. The van der Waals surface area contributed by atoms with Crippen molar-refractivity contribution in [2.75, 3.05) is 0 Å². The third kappa shape index (κ3) is 4.83. The molecule has 0 bridgehead atoms. The molecule has 0 unspecified atom stereocenters. The zero-order valence-electron chi connectivity index (χ0n) is 12.4. The first-order chi connectivity index (χ1) is 9.79. The van der Waals surface area contributed by atoms with E-state index in [1.54, 1.807) is 0 Å². The predicted octanol–water partition coefficient (Wildman–Crippen LogP) is 6.66. The van der Waals surface area contributed by atoms with E-state index in [1.165, 1.54) is 49.7 Å². The van der Waals surface area contributed by atoms with Gasteiger partial charge in [-0.2, -0.15) is 0 Å². The van der Waals surface area contributed by atoms with Crippen molar-refractivity contribution in [1.29, 1.82) is 0 Å². The summed E-state index contributed by atoms with van der Waals surface area (Å²) in [7, 11) is 0. The highest BCUT2D eigenvalue weighted by Gasteiger charge is 2.13. The number of hydrogen-bond acceptors (Lipinski definition) is 0. The number of hydrogen-bond donors (Lipinski definition) is 0. The van der Waals surface area contributed by atoms with Gasteiger partial charge in [0.25, 0.3) is 0 Å². The molecule has 0 N–H and O–H groups in total. The Bertz CT molecular complexity index is 464. The molecule has 1 heteroatoms. The summed E-state index contributed by atoms with van der Waals surface area (Å²) in [5.74, 6) is 0.988. The Morgan fingerprint density at radius 1 is 1.30 bits per heavy atom. The molecule has 0 atom stereocenters. The van der Waals surface area contributed by atoms with E-state index >= 15 is 0 Å². The standard InChI is InChI=1S/C19H25Cl/c1-2-17(18-13-8-14-19(20)15-18)12-5-3-4-9-16-10-6-7-11-16/h3,5,8,12-16H,2,4,6-7,9-11H2,1H3/b5-3-,17-12+. The van der Waals surface area contributed by atoms with Gasteiger partial charge in [-0.25, -0.2) is 0 Å². The maximum atomic E-state index is 6.06. The van der Waals surface area contributed by atoms with E-state index in [-0.39, 0.29) is 0 Å². The first-order valence-electron chi connectivity index (χ1n) is 7.91. The van der Waals surface area contributed by atoms with E-state index in [9.17, 15) is 0 Å². The third-order valence-electron chi connectivity index (χ3n) is 4.23. The fraction of sp³-hybridized carbons (Fsp3) is 0.474. The predicted molar refractivity (Wildman–Crippen MR) is 90.1 cm³/mol. The van der Waals surface area contributed by atoms with E-state index in [2.05, 4.69) is 31.2 Å². The van der Waals surface area contributed by atoms with Crippen LogP contribution in [0.25, 0.3) is 5.57 Å². The molecule has 2 rings (SSSR count). The van der Waals surface area contributed by atoms with Crippen LogP contribution in [-0.2, 0) is 0 Å². The molecule has 1 aliphatic rings. The third-order valence-corrected chi connectivity index (χ3v) is 4.46. The molecule has 1 aromatic carbocycles. The van der Waals surface area contributed by atoms with E-state index in [1.807, 2.05) is 18.2 Å². The minimum Gasteiger partial charge on any atom is -0.0845 e. The SMILES string of the molecule is CC/C(=C\C=C/CCC1CCCC1)c1cccc(Cl)c1. The first kappa shape index (κ1) is 15.4. The molecule has 108 valence electrons. The highest BCUT2D eigenvalue weighted by atomic mass is 35.5. The van der Waals surface area contributed by atoms with Crippen LogP contribution in [0.1, 0.15) is 57.4 Å². The Balaban J connectivity index is 1.87. The molecule has 0 nitrogen and oxygen atoms in total. The fourth-order valence-electron chi connectivity index (χ4n) is 3.02. The van der Waals surface area contributed by atoms with Gasteiger partial charge in [0.2, 0.25) is 0 Å². The minimum atomic E-state index is 0.812. The molecular weight excluding hydrogens is 264 g/mol. The van der Waals surface area contributed by atoms with Crippen molar-refractivity contribution in [1.82, 2.24) is 0 Å². The lowest BCUT2D eigenvalue weighted by Crippen LogP contribution is -1.90. The molecule has 0 spiro atoms. The molecule has 20 heavy (non-hydrogen) atoms. The van der Waals surface area contributed by atoms with Gasteiger partial charge in [-0.05, 0) is 48.4 Å². The molecule has 1 aromatic rings. The van der Waals surface area contributed by atoms with E-state index in [0.717, 1.165) is 17.4 Å². The van der Waals surface area contributed by atoms with Crippen LogP contribution < -0.4 is 0 Å². The summed E-state index contributed by atoms with van der Waals surface area (Å²) in [4.78, 5) is 0. The summed E-state index contributed by atoms with van der Waals surface area (Å²) in [5.41, 5.74) is 2.59. The first-order valence-corrected chi connectivity index (χ1v) is 8.29. The average molecular weight is 289 g/mol. The molecule has 0 heterocycles. The van der Waals surface area contributed by atoms with Crippen LogP contribution in [0.15, 0.2) is 42.5 Å². The van der Waals surface area contributed by atoms with Crippen molar-refractivity contribution in [3.05, 3.63) is 53.1 Å². The molecule has 0 saturated heterocycles. The second-order valence-electron chi connectivity index (χ2n) is 5.71. The van der Waals surface area contributed by atoms with Gasteiger partial charge < -0.3 is 0 Å². The van der Waals surface area contributed by atoms with Crippen LogP contribution in [0.5, 0.6) is 0 Å². The van der Waals surface area contributed by atoms with Crippen molar-refractivity contribution in [2.24, 2.45) is 5.92 Å². The van der Waals surface area contributed by atoms with Gasteiger partial charge in [0.15, 0.2) is 0 Å². The van der Waals surface area contributed by atoms with Gasteiger partial charge in [0, 0.05) is 5.02 Å². The summed E-state index contributed by atoms with van der Waals surface area (Å²) in [6.07, 6.45) is 16.2. The van der Waals surface area contributed by atoms with Crippen LogP contribution in [-0.4, -0.2) is 0 Å². The molecular formula is C19H25Cl. The Labute approximate surface area is 128 Å². The Morgan fingerprint density at radius 2 is 2.10 bits per heavy atom. The van der Waals surface area contributed by atoms with E-state index < -0.39 is 0 Å². The van der Waals surface area contributed by atoms with Crippen molar-refractivity contribution in [3.63, 3.8) is 0 Å². The number of rotatable bonds is 6. The molecule has 1 aliphatic carbocycles. The van der Waals surface area contributed by atoms with Crippen LogP contribution in [0.3, 0.4) is 0 Å². The summed E-state index contributed by atoms with van der Waals surface area (Å²) in [6, 6.07) is 8.12. The summed E-state index contributed by atoms with van der Waals surface area (Å²) >= 11 is 6.06. The van der Waals surface area contributed by atoms with Crippen molar-refractivity contribution < 1.29 is 0 Å². The minimum absolute atomic E-state index is 0.812. The van der Waals surface area contributed by atoms with E-state index in [0.29, 0.717) is 0 Å². The lowest BCUT2D eigenvalue weighted by molar-refractivity contribution is 0.509. The monoisotopic (exact) mass is 288 g/mol. The fourth-order valence-corrected chi connectivity index (χ4v) is 3.21. The quantitative estimate of drug-likeness (QED) is 0.513. The second-order valence-corrected chi connectivity index (χ2v) is 6.15. The molecule has 1 fully saturated rings. The Kier molecular flexibility index (Phi) is 6.39. The molecule has 0 aliphatic heterocycles. The lowest BCUT2D eigenvalue weighted by atomic mass is 10.0. The maximum Gasteiger partial charge on any atom is 0.0412 e. The topological polar surface area (TPSA) is 0 Å². The second kappa shape index (κ2) is 8.32. The Morgan fingerprint density at radius 3 is 2.80 bits per heavy atom. The maximum absolute atomic E-state index is 6.06. The molecule has 0 aromatic heterocycles. The van der Waals surface area contributed by atoms with Crippen LogP contribution in [0.2, 0.25) is 5.02 Å². The van der Waals surface area contributed by atoms with Crippen molar-refractivity contribution in [3.8, 4) is 0 Å². The summed E-state index contributed by atoms with van der Waals surface area (Å²) in [5, 5.41) is 0.812. The van der Waals surface area contributed by atoms with E-state index in [4.69, 9.17) is 11.6 Å². The van der Waals surface area contributed by atoms with Gasteiger partial charge in [0.1, 0.15) is 0 Å². The van der Waals surface area contributed by atoms with Gasteiger partial charge in [0.05, 0.1) is 0 Å². The van der Waals surface area contributed by atoms with Crippen LogP contribution in [0, 0.1) is 5.92 Å². The molecule has 0 amide bonds. The largest absolute Gasteiger partial charge is 0.0845 e. The zero-order valence-corrected chi connectivity index (χ0v) is 13.2. The van der Waals surface area contributed by atoms with Crippen LogP contribution >= 0.6 is 11.6 Å². The van der Waals surface area contributed by atoms with Gasteiger partial charge >= 0.3 is 0 Å². The smallest absolute Gasteiger partial charge is 0.0412 e. The van der Waals surface area contributed by atoms with Gasteiger partial charge in [-0.3, -0.25) is 0 Å². The number of allylic oxidation sites excluding steroid dienone is 4. The zero-order chi connectivity index (χ0) is 14.2. The summed E-state index contributed by atoms with van der Waals surface area (Å²) in [6.45, 7) is 2.19. The van der Waals surface area contributed by atoms with Crippen molar-refractivity contribution in [2.45, 2.75) is 51.9 Å². The average Bonchev–Trinajstić information content (AvgIpc) is 2.96. The van der Waals surface area contributed by atoms with Crippen LogP contribution in [0.4, 0.5) is 0 Å².